The average molecular weight is 389 g/mol. The Kier molecular flexibility index (Phi) is 7.21. The van der Waals surface area contributed by atoms with Crippen LogP contribution in [0.1, 0.15) is 30.5 Å². The van der Waals surface area contributed by atoms with E-state index < -0.39 is 5.54 Å². The number of aliphatic hydroxyl groups excluding tert-OH is 1. The number of nitrogens with one attached hydrogen (secondary N) is 1. The molecule has 0 amide bonds. The van der Waals surface area contributed by atoms with Crippen LogP contribution in [0.4, 0.5) is 0 Å². The van der Waals surface area contributed by atoms with E-state index in [2.05, 4.69) is 104 Å². The van der Waals surface area contributed by atoms with Gasteiger partial charge in [0.25, 0.3) is 0 Å². The summed E-state index contributed by atoms with van der Waals surface area (Å²) in [5.74, 6) is 0. The van der Waals surface area contributed by atoms with Gasteiger partial charge in [-0.15, -0.1) is 0 Å². The number of hydrogen-bond donors (Lipinski definition) is 2. The number of likely N-dealkylation sites (N-methyl/N-ethyl adjacent to an activating group) is 1. The Morgan fingerprint density at radius 1 is 0.759 bits per heavy atom. The molecule has 3 aromatic rings. The summed E-state index contributed by atoms with van der Waals surface area (Å²) in [5, 5.41) is 14.1. The number of hydrogen-bond acceptors (Lipinski definition) is 3. The molecule has 0 aliphatic carbocycles. The molecule has 0 aliphatic heterocycles. The second-order valence-corrected chi connectivity index (χ2v) is 7.91. The van der Waals surface area contributed by atoms with Gasteiger partial charge in [0.15, 0.2) is 0 Å². The standard InChI is InChI=1S/C26H32N2O/c1-21(2)28(3)19-25(20-29)27-26(22-13-7-4-8-14-22,23-15-9-5-10-16-23)24-17-11-6-12-18-24/h4-18,21,25,27,29H,19-20H2,1-3H3. The van der Waals surface area contributed by atoms with Gasteiger partial charge in [-0.3, -0.25) is 5.32 Å². The Bertz CT molecular complexity index is 753. The van der Waals surface area contributed by atoms with E-state index in [-0.39, 0.29) is 12.6 Å². The van der Waals surface area contributed by atoms with Gasteiger partial charge in [0.2, 0.25) is 0 Å². The fraction of sp³-hybridized carbons (Fsp3) is 0.308. The van der Waals surface area contributed by atoms with Gasteiger partial charge >= 0.3 is 0 Å². The van der Waals surface area contributed by atoms with E-state index >= 15 is 0 Å². The van der Waals surface area contributed by atoms with Crippen molar-refractivity contribution in [2.75, 3.05) is 20.2 Å². The predicted molar refractivity (Wildman–Crippen MR) is 121 cm³/mol. The lowest BCUT2D eigenvalue weighted by atomic mass is 9.76. The third kappa shape index (κ3) is 4.76. The van der Waals surface area contributed by atoms with E-state index in [1.54, 1.807) is 0 Å². The summed E-state index contributed by atoms with van der Waals surface area (Å²) in [7, 11) is 2.10. The second kappa shape index (κ2) is 9.84. The van der Waals surface area contributed by atoms with Gasteiger partial charge < -0.3 is 10.0 Å². The molecule has 1 unspecified atom stereocenters. The van der Waals surface area contributed by atoms with Gasteiger partial charge in [-0.2, -0.15) is 0 Å². The van der Waals surface area contributed by atoms with E-state index in [1.165, 1.54) is 0 Å². The number of nitrogens with zero attached hydrogens (tertiary/aromatic N) is 1. The van der Waals surface area contributed by atoms with Crippen molar-refractivity contribution in [3.8, 4) is 0 Å². The molecule has 0 spiro atoms. The van der Waals surface area contributed by atoms with Gasteiger partial charge in [0, 0.05) is 18.6 Å². The fourth-order valence-electron chi connectivity index (χ4n) is 3.83. The topological polar surface area (TPSA) is 35.5 Å². The highest BCUT2D eigenvalue weighted by atomic mass is 16.3. The maximum atomic E-state index is 10.3. The molecule has 0 saturated carbocycles. The van der Waals surface area contributed by atoms with Crippen molar-refractivity contribution in [1.29, 1.82) is 0 Å². The monoisotopic (exact) mass is 388 g/mol. The lowest BCUT2D eigenvalue weighted by molar-refractivity contribution is 0.165. The minimum atomic E-state index is -0.561. The van der Waals surface area contributed by atoms with Gasteiger partial charge in [0.1, 0.15) is 0 Å². The van der Waals surface area contributed by atoms with Crippen LogP contribution >= 0.6 is 0 Å². The number of rotatable bonds is 9. The summed E-state index contributed by atoms with van der Waals surface area (Å²) in [6.45, 7) is 5.16. The molecular weight excluding hydrogens is 356 g/mol. The smallest absolute Gasteiger partial charge is 0.0951 e. The van der Waals surface area contributed by atoms with Crippen LogP contribution in [-0.4, -0.2) is 42.3 Å². The van der Waals surface area contributed by atoms with Crippen molar-refractivity contribution in [2.45, 2.75) is 31.5 Å². The SMILES string of the molecule is CC(C)N(C)CC(CO)NC(c1ccccc1)(c1ccccc1)c1ccccc1. The molecule has 29 heavy (non-hydrogen) atoms. The lowest BCUT2D eigenvalue weighted by Crippen LogP contribution is -2.54. The summed E-state index contributed by atoms with van der Waals surface area (Å²) in [4.78, 5) is 2.26. The first-order valence-electron chi connectivity index (χ1n) is 10.3. The van der Waals surface area contributed by atoms with Gasteiger partial charge in [-0.25, -0.2) is 0 Å². The summed E-state index contributed by atoms with van der Waals surface area (Å²) in [6.07, 6.45) is 0. The zero-order valence-corrected chi connectivity index (χ0v) is 17.6. The molecule has 0 aromatic heterocycles. The average Bonchev–Trinajstić information content (AvgIpc) is 2.78. The summed E-state index contributed by atoms with van der Waals surface area (Å²) >= 11 is 0. The molecule has 3 rings (SSSR count). The highest BCUT2D eigenvalue weighted by Crippen LogP contribution is 2.37. The van der Waals surface area contributed by atoms with Gasteiger partial charge in [0.05, 0.1) is 12.1 Å². The molecule has 3 aromatic carbocycles. The van der Waals surface area contributed by atoms with E-state index in [9.17, 15) is 5.11 Å². The largest absolute Gasteiger partial charge is 0.395 e. The lowest BCUT2D eigenvalue weighted by Gasteiger charge is -2.41. The van der Waals surface area contributed by atoms with Crippen LogP contribution in [0, 0.1) is 0 Å². The first kappa shape index (κ1) is 21.3. The van der Waals surface area contributed by atoms with Crippen LogP contribution in [-0.2, 0) is 5.54 Å². The van der Waals surface area contributed by atoms with Crippen LogP contribution < -0.4 is 5.32 Å². The maximum absolute atomic E-state index is 10.3. The van der Waals surface area contributed by atoms with E-state index in [4.69, 9.17) is 0 Å². The zero-order chi connectivity index (χ0) is 20.7. The van der Waals surface area contributed by atoms with Crippen molar-refractivity contribution in [3.63, 3.8) is 0 Å². The van der Waals surface area contributed by atoms with Crippen molar-refractivity contribution in [2.24, 2.45) is 0 Å². The van der Waals surface area contributed by atoms with Crippen molar-refractivity contribution >= 4 is 0 Å². The third-order valence-corrected chi connectivity index (χ3v) is 5.65. The molecule has 3 heteroatoms. The molecule has 0 radical (unpaired) electrons. The molecule has 0 fully saturated rings. The first-order valence-corrected chi connectivity index (χ1v) is 10.3. The quantitative estimate of drug-likeness (QED) is 0.538. The Morgan fingerprint density at radius 2 is 1.14 bits per heavy atom. The first-order chi connectivity index (χ1) is 14.1. The van der Waals surface area contributed by atoms with Crippen LogP contribution in [0.2, 0.25) is 0 Å². The Morgan fingerprint density at radius 3 is 1.45 bits per heavy atom. The Balaban J connectivity index is 2.17. The molecule has 0 bridgehead atoms. The third-order valence-electron chi connectivity index (χ3n) is 5.65. The van der Waals surface area contributed by atoms with Crippen molar-refractivity contribution < 1.29 is 5.11 Å². The molecular formula is C26H32N2O. The maximum Gasteiger partial charge on any atom is 0.0951 e. The van der Waals surface area contributed by atoms with E-state index in [1.807, 2.05) is 18.2 Å². The fourth-order valence-corrected chi connectivity index (χ4v) is 3.83. The zero-order valence-electron chi connectivity index (χ0n) is 17.6. The molecule has 152 valence electrons. The van der Waals surface area contributed by atoms with Gasteiger partial charge in [-0.1, -0.05) is 91.0 Å². The minimum Gasteiger partial charge on any atom is -0.395 e. The molecule has 1 atom stereocenters. The molecule has 0 heterocycles. The second-order valence-electron chi connectivity index (χ2n) is 7.91. The van der Waals surface area contributed by atoms with Crippen LogP contribution in [0.3, 0.4) is 0 Å². The van der Waals surface area contributed by atoms with E-state index in [0.29, 0.717) is 6.04 Å². The predicted octanol–water partition coefficient (Wildman–Crippen LogP) is 4.27. The van der Waals surface area contributed by atoms with Crippen LogP contribution in [0.15, 0.2) is 91.0 Å². The minimum absolute atomic E-state index is 0.0608. The van der Waals surface area contributed by atoms with E-state index in [0.717, 1.165) is 23.2 Å². The summed E-state index contributed by atoms with van der Waals surface area (Å²) in [6, 6.07) is 31.9. The summed E-state index contributed by atoms with van der Waals surface area (Å²) in [5.41, 5.74) is 2.91. The molecule has 3 nitrogen and oxygen atoms in total. The molecule has 2 N–H and O–H groups in total. The number of benzene rings is 3. The van der Waals surface area contributed by atoms with Crippen molar-refractivity contribution in [1.82, 2.24) is 10.2 Å². The van der Waals surface area contributed by atoms with Crippen LogP contribution in [0.25, 0.3) is 0 Å². The summed E-state index contributed by atoms with van der Waals surface area (Å²) < 4.78 is 0. The normalized spacial score (nSPS) is 13.0. The van der Waals surface area contributed by atoms with Crippen LogP contribution in [0.5, 0.6) is 0 Å². The molecule has 0 aliphatic rings. The van der Waals surface area contributed by atoms with Gasteiger partial charge in [-0.05, 0) is 37.6 Å². The Labute approximate surface area is 175 Å². The van der Waals surface area contributed by atoms with Crippen molar-refractivity contribution in [3.05, 3.63) is 108 Å². The highest BCUT2D eigenvalue weighted by molar-refractivity contribution is 5.49. The Hall–Kier alpha value is -2.46. The number of aliphatic hydroxyl groups is 1. The highest BCUT2D eigenvalue weighted by Gasteiger charge is 2.38. The molecule has 0 saturated heterocycles.